The smallest absolute Gasteiger partial charge is 0.255 e. The van der Waals surface area contributed by atoms with Crippen LogP contribution in [-0.4, -0.2) is 56.0 Å². The summed E-state index contributed by atoms with van der Waals surface area (Å²) in [5.74, 6) is 0.330. The molecule has 0 aliphatic carbocycles. The van der Waals surface area contributed by atoms with Crippen molar-refractivity contribution in [2.45, 2.75) is 12.2 Å². The van der Waals surface area contributed by atoms with Crippen molar-refractivity contribution in [2.24, 2.45) is 7.05 Å². The molecule has 2 aromatic heterocycles. The van der Waals surface area contributed by atoms with Gasteiger partial charge >= 0.3 is 0 Å². The molecule has 1 aliphatic rings. The number of β-amino-alcohol motifs (C(OH)–C–C–N with tert-alkyl or cyclic N) is 1. The van der Waals surface area contributed by atoms with E-state index in [1.54, 1.807) is 30.2 Å². The van der Waals surface area contributed by atoms with E-state index in [1.165, 1.54) is 17.3 Å². The van der Waals surface area contributed by atoms with E-state index < -0.39 is 12.2 Å². The topological polar surface area (TPSA) is 80.5 Å². The maximum atomic E-state index is 12.4. The molecule has 3 rings (SSSR count). The lowest BCUT2D eigenvalue weighted by Crippen LogP contribution is -2.31. The Balaban J connectivity index is 1.68. The van der Waals surface area contributed by atoms with Crippen molar-refractivity contribution in [1.29, 1.82) is 0 Å². The second-order valence-corrected chi connectivity index (χ2v) is 5.61. The number of ether oxygens (including phenoxy) is 1. The largest absolute Gasteiger partial charge is 0.482 e. The van der Waals surface area contributed by atoms with Crippen molar-refractivity contribution in [3.8, 4) is 5.75 Å². The van der Waals surface area contributed by atoms with Gasteiger partial charge in [0.2, 0.25) is 0 Å². The Morgan fingerprint density at radius 1 is 1.41 bits per heavy atom. The lowest BCUT2D eigenvalue weighted by atomic mass is 10.2. The fourth-order valence-corrected chi connectivity index (χ4v) is 2.56. The van der Waals surface area contributed by atoms with Crippen molar-refractivity contribution in [3.63, 3.8) is 0 Å². The number of carbonyl (C=O) groups excluding carboxylic acids is 1. The van der Waals surface area contributed by atoms with Crippen LogP contribution in [0.5, 0.6) is 5.75 Å². The maximum absolute atomic E-state index is 12.4. The summed E-state index contributed by atoms with van der Waals surface area (Å²) in [5, 5.41) is 14.5. The van der Waals surface area contributed by atoms with Crippen LogP contribution in [0.4, 0.5) is 0 Å². The van der Waals surface area contributed by atoms with Gasteiger partial charge in [-0.1, -0.05) is 11.6 Å². The van der Waals surface area contributed by atoms with Crippen molar-refractivity contribution in [3.05, 3.63) is 41.4 Å². The van der Waals surface area contributed by atoms with Crippen LogP contribution in [0, 0.1) is 0 Å². The predicted octanol–water partition coefficient (Wildman–Crippen LogP) is 0.733. The van der Waals surface area contributed by atoms with Crippen LogP contribution in [0.25, 0.3) is 0 Å². The van der Waals surface area contributed by atoms with Gasteiger partial charge in [0.25, 0.3) is 5.91 Å². The average molecular weight is 323 g/mol. The SMILES string of the molecule is Cn1cc(O[C@@H]2CN(C(=O)c3cncc(Cl)c3)C[C@H]2O)cn1. The number of likely N-dealkylation sites (tertiary alicyclic amines) is 1. The molecule has 0 saturated carbocycles. The van der Waals surface area contributed by atoms with E-state index in [0.29, 0.717) is 22.9 Å². The molecule has 1 amide bonds. The summed E-state index contributed by atoms with van der Waals surface area (Å²) in [6.45, 7) is 0.498. The van der Waals surface area contributed by atoms with E-state index >= 15 is 0 Å². The van der Waals surface area contributed by atoms with E-state index in [9.17, 15) is 9.90 Å². The van der Waals surface area contributed by atoms with E-state index in [4.69, 9.17) is 16.3 Å². The van der Waals surface area contributed by atoms with Gasteiger partial charge in [-0.25, -0.2) is 0 Å². The number of aromatic nitrogens is 3. The highest BCUT2D eigenvalue weighted by Crippen LogP contribution is 2.20. The summed E-state index contributed by atoms with van der Waals surface area (Å²) < 4.78 is 7.29. The van der Waals surface area contributed by atoms with Gasteiger partial charge in [0, 0.05) is 19.4 Å². The average Bonchev–Trinajstić information content (AvgIpc) is 3.05. The van der Waals surface area contributed by atoms with Gasteiger partial charge in [-0.15, -0.1) is 0 Å². The van der Waals surface area contributed by atoms with Gasteiger partial charge in [-0.05, 0) is 6.07 Å². The third-order valence-corrected chi connectivity index (χ3v) is 3.65. The number of hydrogen-bond acceptors (Lipinski definition) is 5. The molecule has 1 saturated heterocycles. The molecule has 116 valence electrons. The van der Waals surface area contributed by atoms with Crippen molar-refractivity contribution in [2.75, 3.05) is 13.1 Å². The first-order chi connectivity index (χ1) is 10.5. The summed E-state index contributed by atoms with van der Waals surface area (Å²) in [4.78, 5) is 17.8. The summed E-state index contributed by atoms with van der Waals surface area (Å²) in [5.41, 5.74) is 0.390. The summed E-state index contributed by atoms with van der Waals surface area (Å²) >= 11 is 5.85. The zero-order valence-electron chi connectivity index (χ0n) is 11.9. The number of amides is 1. The fraction of sp³-hybridized carbons (Fsp3) is 0.357. The molecule has 0 spiro atoms. The Bertz CT molecular complexity index is 690. The summed E-state index contributed by atoms with van der Waals surface area (Å²) in [6.07, 6.45) is 4.95. The van der Waals surface area contributed by atoms with Crippen LogP contribution >= 0.6 is 11.6 Å². The lowest BCUT2D eigenvalue weighted by molar-refractivity contribution is 0.0729. The minimum absolute atomic E-state index is 0.205. The van der Waals surface area contributed by atoms with Gasteiger partial charge in [0.15, 0.2) is 5.75 Å². The minimum atomic E-state index is -0.753. The number of pyridine rings is 1. The lowest BCUT2D eigenvalue weighted by Gasteiger charge is -2.16. The second kappa shape index (κ2) is 5.94. The number of halogens is 1. The highest BCUT2D eigenvalue weighted by molar-refractivity contribution is 6.30. The quantitative estimate of drug-likeness (QED) is 0.901. The molecule has 1 aliphatic heterocycles. The van der Waals surface area contributed by atoms with E-state index in [1.807, 2.05) is 0 Å². The van der Waals surface area contributed by atoms with Crippen LogP contribution in [0.2, 0.25) is 5.02 Å². The molecule has 7 nitrogen and oxygen atoms in total. The van der Waals surface area contributed by atoms with Crippen LogP contribution in [0.15, 0.2) is 30.9 Å². The van der Waals surface area contributed by atoms with Crippen LogP contribution < -0.4 is 4.74 Å². The van der Waals surface area contributed by atoms with Crippen LogP contribution in [-0.2, 0) is 7.05 Å². The number of aliphatic hydroxyl groups excluding tert-OH is 1. The van der Waals surface area contributed by atoms with Gasteiger partial charge in [0.1, 0.15) is 12.2 Å². The van der Waals surface area contributed by atoms with Gasteiger partial charge in [-0.2, -0.15) is 5.10 Å². The highest BCUT2D eigenvalue weighted by atomic mass is 35.5. The first-order valence-electron chi connectivity index (χ1n) is 6.76. The molecule has 2 atom stereocenters. The summed E-state index contributed by atoms with van der Waals surface area (Å²) in [6, 6.07) is 1.55. The Morgan fingerprint density at radius 3 is 2.91 bits per heavy atom. The number of aryl methyl sites for hydroxylation is 1. The molecule has 1 fully saturated rings. The Labute approximate surface area is 132 Å². The molecule has 0 bridgehead atoms. The number of rotatable bonds is 3. The third-order valence-electron chi connectivity index (χ3n) is 3.44. The third kappa shape index (κ3) is 3.05. The Hall–Kier alpha value is -2.12. The fourth-order valence-electron chi connectivity index (χ4n) is 2.38. The molecule has 0 radical (unpaired) electrons. The molecular formula is C14H15ClN4O3. The zero-order chi connectivity index (χ0) is 15.7. The molecule has 0 aromatic carbocycles. The van der Waals surface area contributed by atoms with Crippen molar-refractivity contribution >= 4 is 17.5 Å². The van der Waals surface area contributed by atoms with Crippen LogP contribution in [0.3, 0.4) is 0 Å². The number of nitrogens with zero attached hydrogens (tertiary/aromatic N) is 4. The second-order valence-electron chi connectivity index (χ2n) is 5.18. The number of hydrogen-bond donors (Lipinski definition) is 1. The highest BCUT2D eigenvalue weighted by Gasteiger charge is 2.36. The number of aliphatic hydroxyl groups is 1. The Kier molecular flexibility index (Phi) is 4.00. The zero-order valence-corrected chi connectivity index (χ0v) is 12.6. The molecular weight excluding hydrogens is 308 g/mol. The van der Waals surface area contributed by atoms with Gasteiger partial charge in [0.05, 0.1) is 36.1 Å². The molecule has 22 heavy (non-hydrogen) atoms. The molecule has 2 aromatic rings. The first kappa shape index (κ1) is 14.8. The standard InChI is InChI=1S/C14H15ClN4O3/c1-18-6-11(5-17-18)22-13-8-19(7-12(13)20)14(21)9-2-10(15)4-16-3-9/h2-6,12-13,20H,7-8H2,1H3/t12-,13-/m1/s1. The normalized spacial score (nSPS) is 21.1. The van der Waals surface area contributed by atoms with Gasteiger partial charge in [-0.3, -0.25) is 14.5 Å². The Morgan fingerprint density at radius 2 is 2.23 bits per heavy atom. The van der Waals surface area contributed by atoms with Crippen molar-refractivity contribution in [1.82, 2.24) is 19.7 Å². The van der Waals surface area contributed by atoms with Gasteiger partial charge < -0.3 is 14.7 Å². The molecule has 8 heteroatoms. The minimum Gasteiger partial charge on any atom is -0.482 e. The molecule has 1 N–H and O–H groups in total. The molecule has 3 heterocycles. The summed E-state index contributed by atoms with van der Waals surface area (Å²) in [7, 11) is 1.78. The number of carbonyl (C=O) groups is 1. The van der Waals surface area contributed by atoms with Crippen molar-refractivity contribution < 1.29 is 14.6 Å². The van der Waals surface area contributed by atoms with Crippen LogP contribution in [0.1, 0.15) is 10.4 Å². The maximum Gasteiger partial charge on any atom is 0.255 e. The van der Waals surface area contributed by atoms with E-state index in [0.717, 1.165) is 0 Å². The first-order valence-corrected chi connectivity index (χ1v) is 7.14. The van der Waals surface area contributed by atoms with E-state index in [-0.39, 0.29) is 12.5 Å². The predicted molar refractivity (Wildman–Crippen MR) is 78.8 cm³/mol. The monoisotopic (exact) mass is 322 g/mol. The van der Waals surface area contributed by atoms with E-state index in [2.05, 4.69) is 10.1 Å². The molecule has 0 unspecified atom stereocenters.